The summed E-state index contributed by atoms with van der Waals surface area (Å²) in [6, 6.07) is 15.9. The summed E-state index contributed by atoms with van der Waals surface area (Å²) >= 11 is 9.37. The first-order valence-electron chi connectivity index (χ1n) is 6.24. The highest BCUT2D eigenvalue weighted by Gasteiger charge is 2.18. The molecule has 3 heteroatoms. The van der Waals surface area contributed by atoms with Crippen molar-refractivity contribution in [2.45, 2.75) is 25.4 Å². The highest BCUT2D eigenvalue weighted by atomic mass is 79.9. The van der Waals surface area contributed by atoms with Gasteiger partial charge in [0.1, 0.15) is 0 Å². The first-order chi connectivity index (χ1) is 9.06. The molecule has 0 radical (unpaired) electrons. The van der Waals surface area contributed by atoms with Gasteiger partial charge in [-0.3, -0.25) is 0 Å². The van der Waals surface area contributed by atoms with Gasteiger partial charge >= 0.3 is 0 Å². The monoisotopic (exact) mass is 338 g/mol. The van der Waals surface area contributed by atoms with Gasteiger partial charge in [0.2, 0.25) is 0 Å². The molecule has 1 N–H and O–H groups in total. The van der Waals surface area contributed by atoms with Crippen LogP contribution in [0.1, 0.15) is 24.0 Å². The minimum atomic E-state index is -0.398. The number of hydrogen-bond acceptors (Lipinski definition) is 1. The summed E-state index contributed by atoms with van der Waals surface area (Å²) in [5.74, 6) is 0.0821. The summed E-state index contributed by atoms with van der Waals surface area (Å²) < 4.78 is 1.03. The van der Waals surface area contributed by atoms with Crippen molar-refractivity contribution in [3.63, 3.8) is 0 Å². The lowest BCUT2D eigenvalue weighted by atomic mass is 9.88. The fourth-order valence-corrected chi connectivity index (χ4v) is 2.72. The Balaban J connectivity index is 2.23. The van der Waals surface area contributed by atoms with Gasteiger partial charge in [-0.25, -0.2) is 0 Å². The Morgan fingerprint density at radius 3 is 2.42 bits per heavy atom. The maximum atomic E-state index is 10.0. The van der Waals surface area contributed by atoms with E-state index < -0.39 is 6.10 Å². The normalized spacial score (nSPS) is 14.1. The summed E-state index contributed by atoms with van der Waals surface area (Å²) in [5, 5.41) is 10.8. The largest absolute Gasteiger partial charge is 0.393 e. The van der Waals surface area contributed by atoms with Crippen molar-refractivity contribution >= 4 is 27.5 Å². The summed E-state index contributed by atoms with van der Waals surface area (Å²) in [6.45, 7) is 1.83. The molecule has 2 atom stereocenters. The lowest BCUT2D eigenvalue weighted by Gasteiger charge is -2.21. The molecule has 0 aliphatic heterocycles. The van der Waals surface area contributed by atoms with Crippen molar-refractivity contribution in [3.8, 4) is 0 Å². The van der Waals surface area contributed by atoms with E-state index in [1.54, 1.807) is 0 Å². The fraction of sp³-hybridized carbons (Fsp3) is 0.250. The first-order valence-corrected chi connectivity index (χ1v) is 7.41. The van der Waals surface area contributed by atoms with Gasteiger partial charge in [-0.2, -0.15) is 0 Å². The third kappa shape index (κ3) is 4.07. The molecule has 0 saturated carbocycles. The highest BCUT2D eigenvalue weighted by Crippen LogP contribution is 2.27. The van der Waals surface area contributed by atoms with Crippen LogP contribution in [-0.4, -0.2) is 11.2 Å². The zero-order chi connectivity index (χ0) is 13.8. The Hall–Kier alpha value is -0.830. The molecule has 0 aliphatic carbocycles. The second-order valence-electron chi connectivity index (χ2n) is 4.73. The molecule has 0 amide bonds. The van der Waals surface area contributed by atoms with Crippen LogP contribution in [0.4, 0.5) is 0 Å². The number of halogens is 2. The van der Waals surface area contributed by atoms with E-state index in [9.17, 15) is 5.11 Å². The van der Waals surface area contributed by atoms with Crippen LogP contribution in [0.15, 0.2) is 53.0 Å². The predicted octanol–water partition coefficient (Wildman–Crippen LogP) is 4.81. The van der Waals surface area contributed by atoms with Gasteiger partial charge in [-0.05, 0) is 48.7 Å². The van der Waals surface area contributed by atoms with Gasteiger partial charge in [0.05, 0.1) is 6.10 Å². The van der Waals surface area contributed by atoms with Crippen LogP contribution in [0.25, 0.3) is 0 Å². The highest BCUT2D eigenvalue weighted by molar-refractivity contribution is 9.10. The molecule has 0 saturated heterocycles. The lowest BCUT2D eigenvalue weighted by molar-refractivity contribution is 0.161. The maximum Gasteiger partial charge on any atom is 0.0583 e. The number of aliphatic hydroxyl groups excluding tert-OH is 1. The molecule has 19 heavy (non-hydrogen) atoms. The van der Waals surface area contributed by atoms with Crippen molar-refractivity contribution in [1.29, 1.82) is 0 Å². The molecular formula is C16H16BrClO. The second-order valence-corrected chi connectivity index (χ2v) is 6.08. The number of aliphatic hydroxyl groups is 1. The average molecular weight is 340 g/mol. The Kier molecular flexibility index (Phi) is 5.03. The lowest BCUT2D eigenvalue weighted by Crippen LogP contribution is -2.17. The molecule has 100 valence electrons. The van der Waals surface area contributed by atoms with E-state index in [0.29, 0.717) is 0 Å². The van der Waals surface area contributed by atoms with E-state index in [2.05, 4.69) is 28.1 Å². The maximum absolute atomic E-state index is 10.0. The van der Waals surface area contributed by atoms with Gasteiger partial charge < -0.3 is 5.11 Å². The summed E-state index contributed by atoms with van der Waals surface area (Å²) in [7, 11) is 0. The Labute approximate surface area is 127 Å². The van der Waals surface area contributed by atoms with Gasteiger partial charge in [0.15, 0.2) is 0 Å². The van der Waals surface area contributed by atoms with Crippen LogP contribution in [0.5, 0.6) is 0 Å². The summed E-state index contributed by atoms with van der Waals surface area (Å²) in [6.07, 6.45) is 0.399. The first kappa shape index (κ1) is 14.6. The molecule has 0 unspecified atom stereocenters. The molecule has 0 fully saturated rings. The molecule has 0 bridgehead atoms. The molecule has 2 rings (SSSR count). The van der Waals surface area contributed by atoms with E-state index in [1.807, 2.05) is 43.3 Å². The molecule has 0 heterocycles. The van der Waals surface area contributed by atoms with Crippen LogP contribution in [-0.2, 0) is 6.42 Å². The van der Waals surface area contributed by atoms with Crippen LogP contribution < -0.4 is 0 Å². The Morgan fingerprint density at radius 1 is 1.16 bits per heavy atom. The van der Waals surface area contributed by atoms with E-state index in [0.717, 1.165) is 21.5 Å². The van der Waals surface area contributed by atoms with Gasteiger partial charge in [-0.15, -0.1) is 0 Å². The van der Waals surface area contributed by atoms with Crippen molar-refractivity contribution in [2.75, 3.05) is 0 Å². The van der Waals surface area contributed by atoms with Crippen LogP contribution in [0, 0.1) is 0 Å². The summed E-state index contributed by atoms with van der Waals surface area (Å²) in [4.78, 5) is 0. The van der Waals surface area contributed by atoms with Gasteiger partial charge in [0, 0.05) is 15.4 Å². The molecule has 2 aromatic rings. The number of hydrogen-bond donors (Lipinski definition) is 1. The van der Waals surface area contributed by atoms with Crippen molar-refractivity contribution in [1.82, 2.24) is 0 Å². The third-order valence-electron chi connectivity index (χ3n) is 3.23. The second kappa shape index (κ2) is 6.56. The van der Waals surface area contributed by atoms with Gasteiger partial charge in [0.25, 0.3) is 0 Å². The number of benzene rings is 2. The third-order valence-corrected chi connectivity index (χ3v) is 3.97. The van der Waals surface area contributed by atoms with E-state index in [-0.39, 0.29) is 5.92 Å². The van der Waals surface area contributed by atoms with Crippen LogP contribution in [0.3, 0.4) is 0 Å². The Morgan fingerprint density at radius 2 is 1.84 bits per heavy atom. The quantitative estimate of drug-likeness (QED) is 0.847. The van der Waals surface area contributed by atoms with Crippen molar-refractivity contribution in [3.05, 3.63) is 69.2 Å². The standard InChI is InChI=1S/C16H16BrClO/c1-11(19)16(13-3-2-4-14(17)10-13)9-12-5-7-15(18)8-6-12/h2-8,10-11,16,19H,9H2,1H3/t11-,16-/m1/s1. The molecule has 1 nitrogen and oxygen atoms in total. The molecule has 0 aliphatic rings. The van der Waals surface area contributed by atoms with Crippen molar-refractivity contribution in [2.24, 2.45) is 0 Å². The Bertz CT molecular complexity index is 537. The minimum Gasteiger partial charge on any atom is -0.393 e. The van der Waals surface area contributed by atoms with E-state index >= 15 is 0 Å². The topological polar surface area (TPSA) is 20.2 Å². The van der Waals surface area contributed by atoms with Crippen LogP contribution in [0.2, 0.25) is 5.02 Å². The molecular weight excluding hydrogens is 324 g/mol. The van der Waals surface area contributed by atoms with Gasteiger partial charge in [-0.1, -0.05) is 51.8 Å². The predicted molar refractivity (Wildman–Crippen MR) is 83.7 cm³/mol. The van der Waals surface area contributed by atoms with Crippen LogP contribution >= 0.6 is 27.5 Å². The fourth-order valence-electron chi connectivity index (χ4n) is 2.18. The zero-order valence-electron chi connectivity index (χ0n) is 10.7. The summed E-state index contributed by atoms with van der Waals surface area (Å²) in [5.41, 5.74) is 2.31. The number of rotatable bonds is 4. The minimum absolute atomic E-state index is 0.0821. The van der Waals surface area contributed by atoms with E-state index in [1.165, 1.54) is 5.56 Å². The molecule has 0 spiro atoms. The molecule has 2 aromatic carbocycles. The van der Waals surface area contributed by atoms with E-state index in [4.69, 9.17) is 11.6 Å². The molecule has 0 aromatic heterocycles. The van der Waals surface area contributed by atoms with Crippen molar-refractivity contribution < 1.29 is 5.11 Å². The average Bonchev–Trinajstić information content (AvgIpc) is 2.37. The smallest absolute Gasteiger partial charge is 0.0583 e. The zero-order valence-corrected chi connectivity index (χ0v) is 13.0. The SMILES string of the molecule is C[C@@H](O)[C@@H](Cc1ccc(Cl)cc1)c1cccc(Br)c1.